The number of rotatable bonds is 15. The number of hydrogen-bond acceptors (Lipinski definition) is 2. The molecule has 4 radical (unpaired) electrons. The van der Waals surface area contributed by atoms with Crippen molar-refractivity contribution in [3.63, 3.8) is 0 Å². The molecule has 0 aromatic heterocycles. The summed E-state index contributed by atoms with van der Waals surface area (Å²) in [5, 5.41) is 10.2. The number of aliphatic carboxylic acids is 1. The van der Waals surface area contributed by atoms with Crippen LogP contribution in [0.2, 0.25) is 0 Å². The Morgan fingerprint density at radius 1 is 0.762 bits per heavy atom. The van der Waals surface area contributed by atoms with Crippen molar-refractivity contribution in [2.75, 3.05) is 0 Å². The van der Waals surface area contributed by atoms with Gasteiger partial charge in [0.2, 0.25) is 0 Å². The molecule has 0 fully saturated rings. The summed E-state index contributed by atoms with van der Waals surface area (Å²) in [5.74, 6) is -0.914. The van der Waals surface area contributed by atoms with Crippen LogP contribution in [0.15, 0.2) is 12.2 Å². The molecule has 2 nitrogen and oxygen atoms in total. The molecular formula is C18H33O2Pb-. The minimum atomic E-state index is -0.914. The molecule has 3 heteroatoms. The average molecular weight is 489 g/mol. The third-order valence-corrected chi connectivity index (χ3v) is 3.64. The number of unbranched alkanes of at least 4 members (excludes halogenated alkanes) is 11. The van der Waals surface area contributed by atoms with Gasteiger partial charge in [-0.25, -0.2) is 0 Å². The van der Waals surface area contributed by atoms with Crippen molar-refractivity contribution in [1.29, 1.82) is 0 Å². The number of hydrogen-bond donors (Lipinski definition) is 0. The van der Waals surface area contributed by atoms with Crippen LogP contribution in [0.1, 0.15) is 96.8 Å². The predicted octanol–water partition coefficient (Wildman–Crippen LogP) is 4.39. The summed E-state index contributed by atoms with van der Waals surface area (Å²) in [6.45, 7) is 2.26. The topological polar surface area (TPSA) is 40.1 Å². The fourth-order valence-electron chi connectivity index (χ4n) is 2.34. The summed E-state index contributed by atoms with van der Waals surface area (Å²) in [6, 6.07) is 0. The Kier molecular flexibility index (Phi) is 22.4. The molecular weight excluding hydrogens is 455 g/mol. The van der Waals surface area contributed by atoms with Crippen molar-refractivity contribution in [3.8, 4) is 0 Å². The van der Waals surface area contributed by atoms with Gasteiger partial charge in [-0.3, -0.25) is 0 Å². The molecule has 0 bridgehead atoms. The summed E-state index contributed by atoms with van der Waals surface area (Å²) >= 11 is 0. The van der Waals surface area contributed by atoms with E-state index >= 15 is 0 Å². The van der Waals surface area contributed by atoms with E-state index in [1.807, 2.05) is 0 Å². The summed E-state index contributed by atoms with van der Waals surface area (Å²) in [7, 11) is 0. The second-order valence-corrected chi connectivity index (χ2v) is 5.71. The zero-order valence-corrected chi connectivity index (χ0v) is 17.8. The Balaban J connectivity index is 0. The summed E-state index contributed by atoms with van der Waals surface area (Å²) in [4.78, 5) is 10.2. The molecule has 0 spiro atoms. The van der Waals surface area contributed by atoms with Crippen molar-refractivity contribution in [2.24, 2.45) is 0 Å². The maximum atomic E-state index is 10.2. The van der Waals surface area contributed by atoms with Crippen molar-refractivity contribution in [3.05, 3.63) is 12.2 Å². The smallest absolute Gasteiger partial charge is 0.0414 e. The molecule has 122 valence electrons. The maximum absolute atomic E-state index is 10.2. The molecule has 0 aromatic carbocycles. The number of allylic oxidation sites excluding steroid dienone is 2. The van der Waals surface area contributed by atoms with Gasteiger partial charge in [-0.15, -0.1) is 0 Å². The van der Waals surface area contributed by atoms with Gasteiger partial charge < -0.3 is 9.90 Å². The molecule has 0 amide bonds. The quantitative estimate of drug-likeness (QED) is 0.195. The Labute approximate surface area is 151 Å². The summed E-state index contributed by atoms with van der Waals surface area (Å²) in [5.41, 5.74) is 0. The van der Waals surface area contributed by atoms with E-state index in [1.54, 1.807) is 0 Å². The van der Waals surface area contributed by atoms with Gasteiger partial charge in [-0.05, 0) is 38.5 Å². The normalized spacial score (nSPS) is 10.7. The number of carboxylic acid groups (broad SMARTS) is 1. The van der Waals surface area contributed by atoms with Crippen LogP contribution in [0.5, 0.6) is 0 Å². The summed E-state index contributed by atoms with van der Waals surface area (Å²) < 4.78 is 0. The van der Waals surface area contributed by atoms with Gasteiger partial charge in [-0.2, -0.15) is 0 Å². The predicted molar refractivity (Wildman–Crippen MR) is 90.2 cm³/mol. The van der Waals surface area contributed by atoms with E-state index in [0.717, 1.165) is 19.3 Å². The Bertz CT molecular complexity index is 239. The van der Waals surface area contributed by atoms with Crippen LogP contribution in [0.25, 0.3) is 0 Å². The van der Waals surface area contributed by atoms with Gasteiger partial charge in [0.1, 0.15) is 0 Å². The van der Waals surface area contributed by atoms with Gasteiger partial charge in [-0.1, -0.05) is 70.4 Å². The molecule has 0 atom stereocenters. The zero-order valence-electron chi connectivity index (χ0n) is 13.9. The largest absolute Gasteiger partial charge is 0.550 e. The molecule has 0 aliphatic carbocycles. The van der Waals surface area contributed by atoms with Crippen LogP contribution in [0, 0.1) is 0 Å². The first kappa shape index (κ1) is 23.4. The van der Waals surface area contributed by atoms with Gasteiger partial charge in [0, 0.05) is 33.3 Å². The van der Waals surface area contributed by atoms with E-state index in [9.17, 15) is 9.90 Å². The third-order valence-electron chi connectivity index (χ3n) is 3.64. The van der Waals surface area contributed by atoms with E-state index in [-0.39, 0.29) is 33.7 Å². The average Bonchev–Trinajstić information content (AvgIpc) is 2.43. The fraction of sp³-hybridized carbons (Fsp3) is 0.833. The Morgan fingerprint density at radius 2 is 1.19 bits per heavy atom. The molecule has 0 aliphatic rings. The zero-order chi connectivity index (χ0) is 14.9. The van der Waals surface area contributed by atoms with Crippen molar-refractivity contribution in [2.45, 2.75) is 96.8 Å². The van der Waals surface area contributed by atoms with Gasteiger partial charge >= 0.3 is 0 Å². The van der Waals surface area contributed by atoms with E-state index in [2.05, 4.69) is 19.1 Å². The van der Waals surface area contributed by atoms with Crippen LogP contribution < -0.4 is 5.11 Å². The number of carbonyl (C=O) groups is 1. The number of carboxylic acids is 1. The van der Waals surface area contributed by atoms with Crippen LogP contribution in [0.4, 0.5) is 0 Å². The molecule has 0 saturated heterocycles. The fourth-order valence-corrected chi connectivity index (χ4v) is 2.34. The van der Waals surface area contributed by atoms with Crippen molar-refractivity contribution in [1.82, 2.24) is 0 Å². The van der Waals surface area contributed by atoms with E-state index in [1.165, 1.54) is 64.2 Å². The van der Waals surface area contributed by atoms with E-state index in [0.29, 0.717) is 0 Å². The third kappa shape index (κ3) is 22.6. The minimum Gasteiger partial charge on any atom is -0.550 e. The minimum absolute atomic E-state index is 0. The van der Waals surface area contributed by atoms with Crippen LogP contribution in [0.3, 0.4) is 0 Å². The first-order valence-electron chi connectivity index (χ1n) is 8.62. The van der Waals surface area contributed by atoms with Crippen LogP contribution in [-0.4, -0.2) is 33.3 Å². The molecule has 21 heavy (non-hydrogen) atoms. The van der Waals surface area contributed by atoms with Gasteiger partial charge in [0.05, 0.1) is 0 Å². The molecule has 0 unspecified atom stereocenters. The van der Waals surface area contributed by atoms with Crippen LogP contribution >= 0.6 is 0 Å². The standard InChI is InChI=1S/C18H34O2.Pb/c1-2-3-4-5-6-7-8-9-10-11-12-13-14-15-16-17-18(19)20;/h9-10H,2-8,11-17H2,1H3,(H,19,20);/p-1/b10-9-;. The SMILES string of the molecule is CCCCCCCC/C=C\CCCCCCCC(=O)[O-].[Pb]. The Morgan fingerprint density at radius 3 is 1.67 bits per heavy atom. The van der Waals surface area contributed by atoms with Crippen molar-refractivity contribution < 1.29 is 9.90 Å². The van der Waals surface area contributed by atoms with E-state index in [4.69, 9.17) is 0 Å². The first-order chi connectivity index (χ1) is 9.77. The molecule has 0 aromatic rings. The molecule has 0 rings (SSSR count). The van der Waals surface area contributed by atoms with E-state index < -0.39 is 5.97 Å². The maximum Gasteiger partial charge on any atom is 0.0414 e. The molecule has 0 aliphatic heterocycles. The molecule has 0 heterocycles. The molecule has 0 saturated carbocycles. The molecule has 0 N–H and O–H groups in total. The summed E-state index contributed by atoms with van der Waals surface area (Å²) in [6.07, 6.45) is 20.9. The van der Waals surface area contributed by atoms with Gasteiger partial charge in [0.15, 0.2) is 0 Å². The van der Waals surface area contributed by atoms with Crippen LogP contribution in [-0.2, 0) is 4.79 Å². The first-order valence-corrected chi connectivity index (χ1v) is 8.62. The van der Waals surface area contributed by atoms with Crippen molar-refractivity contribution >= 4 is 33.3 Å². The Hall–Kier alpha value is 0.132. The second kappa shape index (κ2) is 20.1. The second-order valence-electron chi connectivity index (χ2n) is 5.71. The van der Waals surface area contributed by atoms with Gasteiger partial charge in [0.25, 0.3) is 0 Å². The monoisotopic (exact) mass is 489 g/mol. The number of carbonyl (C=O) groups excluding carboxylic acids is 1.